The average Bonchev–Trinajstić information content (AvgIpc) is 3.28. The van der Waals surface area contributed by atoms with E-state index in [0.717, 1.165) is 36.7 Å². The molecule has 0 bridgehead atoms. The summed E-state index contributed by atoms with van der Waals surface area (Å²) < 4.78 is 15.6. The second-order valence-corrected chi connectivity index (χ2v) is 10.0. The Kier molecular flexibility index (Phi) is 8.00. The summed E-state index contributed by atoms with van der Waals surface area (Å²) in [6.45, 7) is 8.15. The number of nitrogens with zero attached hydrogens (tertiary/aromatic N) is 4. The van der Waals surface area contributed by atoms with Crippen molar-refractivity contribution >= 4 is 23.4 Å². The molecule has 4 rings (SSSR count). The molecule has 1 aliphatic heterocycles. The Morgan fingerprint density at radius 1 is 1.03 bits per heavy atom. The third kappa shape index (κ3) is 5.67. The summed E-state index contributed by atoms with van der Waals surface area (Å²) in [5, 5.41) is 12.2. The molecule has 1 N–H and O–H groups in total. The molecule has 2 heterocycles. The van der Waals surface area contributed by atoms with E-state index in [1.165, 1.54) is 48.7 Å². The maximum atomic E-state index is 13.6. The first kappa shape index (κ1) is 24.4. The highest BCUT2D eigenvalue weighted by atomic mass is 32.2. The first-order valence-corrected chi connectivity index (χ1v) is 12.9. The zero-order valence-corrected chi connectivity index (χ0v) is 20.8. The second-order valence-electron chi connectivity index (χ2n) is 8.73. The van der Waals surface area contributed by atoms with Gasteiger partial charge in [0.25, 0.3) is 0 Å². The zero-order valence-electron chi connectivity index (χ0n) is 20.0. The molecule has 180 valence electrons. The topological polar surface area (TPSA) is 63.1 Å². The number of halogens is 1. The van der Waals surface area contributed by atoms with Gasteiger partial charge >= 0.3 is 0 Å². The number of hydrogen-bond donors (Lipinski definition) is 1. The maximum Gasteiger partial charge on any atom is 0.237 e. The number of hydrogen-bond acceptors (Lipinski definition) is 5. The Hall–Kier alpha value is -2.71. The predicted octanol–water partition coefficient (Wildman–Crippen LogP) is 5.64. The monoisotopic (exact) mass is 481 g/mol. The van der Waals surface area contributed by atoms with Crippen LogP contribution in [0.25, 0.3) is 5.69 Å². The Bertz CT molecular complexity index is 1090. The van der Waals surface area contributed by atoms with Crippen LogP contribution < -0.4 is 5.32 Å². The molecule has 2 atom stereocenters. The summed E-state index contributed by atoms with van der Waals surface area (Å²) in [5.74, 6) is 0.408. The van der Waals surface area contributed by atoms with Gasteiger partial charge in [0.2, 0.25) is 5.91 Å². The average molecular weight is 482 g/mol. The van der Waals surface area contributed by atoms with E-state index in [4.69, 9.17) is 0 Å². The number of aryl methyl sites for hydroxylation is 1. The smallest absolute Gasteiger partial charge is 0.237 e. The Morgan fingerprint density at radius 3 is 2.35 bits per heavy atom. The van der Waals surface area contributed by atoms with Crippen LogP contribution in [0.4, 0.5) is 10.1 Å². The van der Waals surface area contributed by atoms with Gasteiger partial charge in [0, 0.05) is 11.4 Å². The molecule has 8 heteroatoms. The van der Waals surface area contributed by atoms with Crippen LogP contribution in [0.5, 0.6) is 0 Å². The van der Waals surface area contributed by atoms with Gasteiger partial charge in [0.15, 0.2) is 11.0 Å². The number of carbonyl (C=O) groups is 1. The number of thioether (sulfide) groups is 1. The molecule has 1 amide bonds. The number of rotatable bonds is 8. The third-order valence-corrected chi connectivity index (χ3v) is 7.38. The van der Waals surface area contributed by atoms with Gasteiger partial charge in [-0.15, -0.1) is 10.2 Å². The maximum absolute atomic E-state index is 13.6. The third-order valence-electron chi connectivity index (χ3n) is 6.34. The van der Waals surface area contributed by atoms with E-state index in [2.05, 4.69) is 34.3 Å². The summed E-state index contributed by atoms with van der Waals surface area (Å²) in [5.41, 5.74) is 2.78. The molecule has 2 unspecified atom stereocenters. The largest absolute Gasteiger partial charge is 0.325 e. The van der Waals surface area contributed by atoms with E-state index in [9.17, 15) is 9.18 Å². The molecule has 0 spiro atoms. The van der Waals surface area contributed by atoms with Crippen molar-refractivity contribution in [3.8, 4) is 5.69 Å². The summed E-state index contributed by atoms with van der Waals surface area (Å²) in [7, 11) is 0. The van der Waals surface area contributed by atoms with Crippen LogP contribution in [0, 0.1) is 5.82 Å². The van der Waals surface area contributed by atoms with Crippen molar-refractivity contribution in [3.63, 3.8) is 0 Å². The van der Waals surface area contributed by atoms with Crippen LogP contribution in [0.1, 0.15) is 57.5 Å². The van der Waals surface area contributed by atoms with Crippen LogP contribution >= 0.6 is 11.8 Å². The van der Waals surface area contributed by atoms with Crippen molar-refractivity contribution in [3.05, 3.63) is 65.7 Å². The number of benzene rings is 2. The fraction of sp³-hybridized carbons (Fsp3) is 0.423. The van der Waals surface area contributed by atoms with Crippen LogP contribution in [0.2, 0.25) is 0 Å². The molecule has 6 nitrogen and oxygen atoms in total. The second kappa shape index (κ2) is 11.1. The van der Waals surface area contributed by atoms with Gasteiger partial charge in [0.05, 0.1) is 11.3 Å². The number of carbonyl (C=O) groups excluding carboxylic acids is 1. The summed E-state index contributed by atoms with van der Waals surface area (Å²) in [6, 6.07) is 14.3. The quantitative estimate of drug-likeness (QED) is 0.422. The van der Waals surface area contributed by atoms with Crippen LogP contribution in [-0.4, -0.2) is 43.9 Å². The zero-order chi connectivity index (χ0) is 24.1. The Labute approximate surface area is 205 Å². The van der Waals surface area contributed by atoms with E-state index in [0.29, 0.717) is 5.16 Å². The van der Waals surface area contributed by atoms with Gasteiger partial charge < -0.3 is 5.32 Å². The van der Waals surface area contributed by atoms with Crippen molar-refractivity contribution in [2.45, 2.75) is 62.9 Å². The summed E-state index contributed by atoms with van der Waals surface area (Å²) in [6.07, 6.45) is 4.56. The van der Waals surface area contributed by atoms with Crippen molar-refractivity contribution in [1.82, 2.24) is 19.7 Å². The van der Waals surface area contributed by atoms with Crippen LogP contribution in [-0.2, 0) is 11.2 Å². The molecule has 1 aliphatic rings. The number of amides is 1. The molecule has 0 radical (unpaired) electrons. The van der Waals surface area contributed by atoms with Crippen molar-refractivity contribution in [1.29, 1.82) is 0 Å². The van der Waals surface area contributed by atoms with Crippen molar-refractivity contribution in [2.75, 3.05) is 18.4 Å². The van der Waals surface area contributed by atoms with E-state index in [1.54, 1.807) is 12.1 Å². The lowest BCUT2D eigenvalue weighted by Crippen LogP contribution is -2.33. The highest BCUT2D eigenvalue weighted by Gasteiger charge is 2.27. The van der Waals surface area contributed by atoms with Crippen LogP contribution in [0.3, 0.4) is 0 Å². The van der Waals surface area contributed by atoms with Crippen molar-refractivity contribution in [2.24, 2.45) is 0 Å². The van der Waals surface area contributed by atoms with E-state index < -0.39 is 5.25 Å². The minimum Gasteiger partial charge on any atom is -0.325 e. The van der Waals surface area contributed by atoms with E-state index in [-0.39, 0.29) is 17.8 Å². The van der Waals surface area contributed by atoms with Gasteiger partial charge in [-0.05, 0) is 88.2 Å². The highest BCUT2D eigenvalue weighted by Crippen LogP contribution is 2.31. The van der Waals surface area contributed by atoms with Crippen molar-refractivity contribution < 1.29 is 9.18 Å². The lowest BCUT2D eigenvalue weighted by molar-refractivity contribution is -0.115. The molecule has 0 aliphatic carbocycles. The molecule has 0 saturated carbocycles. The lowest BCUT2D eigenvalue weighted by Gasteiger charge is -2.32. The minimum absolute atomic E-state index is 0.0633. The summed E-state index contributed by atoms with van der Waals surface area (Å²) in [4.78, 5) is 15.3. The van der Waals surface area contributed by atoms with Gasteiger partial charge in [-0.2, -0.15) is 0 Å². The number of nitrogens with one attached hydrogen (secondary N) is 1. The Morgan fingerprint density at radius 2 is 1.71 bits per heavy atom. The number of piperidine rings is 1. The molecule has 34 heavy (non-hydrogen) atoms. The summed E-state index contributed by atoms with van der Waals surface area (Å²) >= 11 is 1.35. The molecule has 3 aromatic rings. The normalized spacial score (nSPS) is 16.2. The lowest BCUT2D eigenvalue weighted by atomic mass is 10.1. The highest BCUT2D eigenvalue weighted by molar-refractivity contribution is 8.00. The fourth-order valence-electron chi connectivity index (χ4n) is 4.21. The molecular weight excluding hydrogens is 449 g/mol. The predicted molar refractivity (Wildman–Crippen MR) is 135 cm³/mol. The number of anilines is 1. The Balaban J connectivity index is 1.56. The van der Waals surface area contributed by atoms with E-state index >= 15 is 0 Å². The van der Waals surface area contributed by atoms with Gasteiger partial charge in [0.1, 0.15) is 5.82 Å². The van der Waals surface area contributed by atoms with Crippen LogP contribution in [0.15, 0.2) is 53.7 Å². The molecular formula is C26H32FN5OS. The number of aromatic nitrogens is 3. The molecule has 1 aromatic heterocycles. The van der Waals surface area contributed by atoms with Gasteiger partial charge in [-0.1, -0.05) is 37.2 Å². The molecule has 2 aromatic carbocycles. The fourth-order valence-corrected chi connectivity index (χ4v) is 5.08. The molecule has 1 saturated heterocycles. The van der Waals surface area contributed by atoms with Gasteiger partial charge in [-0.3, -0.25) is 14.3 Å². The SMILES string of the molecule is CCc1ccc(NC(=O)C(C)Sc2nnc(C(C)N3CCCCC3)n2-c2ccc(F)cc2)cc1. The standard InChI is InChI=1S/C26H32FN5OS/c1-4-20-8-12-22(13-9-20)28-25(33)19(3)34-26-30-29-24(18(2)31-16-6-5-7-17-31)32(26)23-14-10-21(27)11-15-23/h8-15,18-19H,4-7,16-17H2,1-3H3,(H,28,33). The van der Waals surface area contributed by atoms with E-state index in [1.807, 2.05) is 35.8 Å². The first-order chi connectivity index (χ1) is 16.5. The minimum atomic E-state index is -0.396. The molecule has 1 fully saturated rings. The van der Waals surface area contributed by atoms with Gasteiger partial charge in [-0.25, -0.2) is 4.39 Å². The first-order valence-electron chi connectivity index (χ1n) is 12.0. The number of likely N-dealkylation sites (tertiary alicyclic amines) is 1.